The molecule has 1 aromatic carbocycles. The Kier molecular flexibility index (Phi) is 5.49. The molecule has 0 fully saturated rings. The molecule has 0 unspecified atom stereocenters. The number of amides is 1. The number of carbonyl (C=O) groups is 1. The molecule has 0 bridgehead atoms. The monoisotopic (exact) mass is 319 g/mol. The van der Waals surface area contributed by atoms with E-state index in [1.54, 1.807) is 31.3 Å². The van der Waals surface area contributed by atoms with Crippen molar-refractivity contribution in [3.8, 4) is 0 Å². The fourth-order valence-corrected chi connectivity index (χ4v) is 2.62. The molecule has 1 heterocycles. The van der Waals surface area contributed by atoms with Gasteiger partial charge in [0.15, 0.2) is 5.16 Å². The molecule has 6 heteroatoms. The zero-order valence-corrected chi connectivity index (χ0v) is 13.7. The molecule has 116 valence electrons. The quantitative estimate of drug-likeness (QED) is 0.626. The van der Waals surface area contributed by atoms with Gasteiger partial charge in [0.25, 0.3) is 5.91 Å². The number of rotatable bonds is 5. The molecule has 0 spiro atoms. The topological polar surface area (TPSA) is 46.1 Å². The van der Waals surface area contributed by atoms with Crippen molar-refractivity contribution in [1.29, 1.82) is 0 Å². The van der Waals surface area contributed by atoms with Crippen LogP contribution in [-0.2, 0) is 6.54 Å². The summed E-state index contributed by atoms with van der Waals surface area (Å²) in [6.07, 6.45) is 0. The van der Waals surface area contributed by atoms with Crippen LogP contribution in [0.5, 0.6) is 0 Å². The van der Waals surface area contributed by atoms with Crippen LogP contribution in [0.3, 0.4) is 0 Å². The first-order valence-corrected chi connectivity index (χ1v) is 7.97. The third kappa shape index (κ3) is 4.04. The van der Waals surface area contributed by atoms with Gasteiger partial charge in [-0.2, -0.15) is 0 Å². The van der Waals surface area contributed by atoms with Crippen LogP contribution in [0.4, 0.5) is 4.39 Å². The van der Waals surface area contributed by atoms with Gasteiger partial charge in [-0.25, -0.2) is 14.4 Å². The van der Waals surface area contributed by atoms with Crippen LogP contribution >= 0.6 is 11.8 Å². The molecule has 4 nitrogen and oxygen atoms in total. The largest absolute Gasteiger partial charge is 0.336 e. The summed E-state index contributed by atoms with van der Waals surface area (Å²) in [4.78, 5) is 22.5. The smallest absolute Gasteiger partial charge is 0.272 e. The minimum Gasteiger partial charge on any atom is -0.336 e. The van der Waals surface area contributed by atoms with Crippen LogP contribution in [0.25, 0.3) is 0 Å². The lowest BCUT2D eigenvalue weighted by Gasteiger charge is -2.17. The Bertz CT molecular complexity index is 678. The third-order valence-electron chi connectivity index (χ3n) is 3.04. The minimum atomic E-state index is -0.316. The minimum absolute atomic E-state index is 0.199. The molecule has 0 N–H and O–H groups in total. The van der Waals surface area contributed by atoms with Gasteiger partial charge in [0.2, 0.25) is 0 Å². The summed E-state index contributed by atoms with van der Waals surface area (Å²) >= 11 is 1.49. The van der Waals surface area contributed by atoms with Crippen LogP contribution in [0.2, 0.25) is 0 Å². The van der Waals surface area contributed by atoms with E-state index in [1.165, 1.54) is 22.7 Å². The van der Waals surface area contributed by atoms with E-state index in [9.17, 15) is 9.18 Å². The maximum Gasteiger partial charge on any atom is 0.272 e. The second-order valence-corrected chi connectivity index (χ2v) is 6.09. The van der Waals surface area contributed by atoms with Crippen molar-refractivity contribution in [3.63, 3.8) is 0 Å². The maximum atomic E-state index is 13.7. The number of aromatic nitrogens is 2. The van der Waals surface area contributed by atoms with Crippen molar-refractivity contribution in [1.82, 2.24) is 14.9 Å². The number of aryl methyl sites for hydroxylation is 1. The SMILES string of the molecule is CCSc1nc(C)cc(C(=O)N(C)Cc2ccccc2F)n1. The van der Waals surface area contributed by atoms with Gasteiger partial charge in [0, 0.05) is 24.8 Å². The summed E-state index contributed by atoms with van der Waals surface area (Å²) in [6, 6.07) is 8.09. The molecule has 1 aromatic heterocycles. The zero-order chi connectivity index (χ0) is 16.1. The number of nitrogens with zero attached hydrogens (tertiary/aromatic N) is 3. The first kappa shape index (κ1) is 16.4. The van der Waals surface area contributed by atoms with E-state index in [-0.39, 0.29) is 18.3 Å². The van der Waals surface area contributed by atoms with E-state index in [2.05, 4.69) is 9.97 Å². The van der Waals surface area contributed by atoms with E-state index in [4.69, 9.17) is 0 Å². The summed E-state index contributed by atoms with van der Waals surface area (Å²) in [5.41, 5.74) is 1.56. The van der Waals surface area contributed by atoms with Gasteiger partial charge in [-0.05, 0) is 24.8 Å². The second-order valence-electron chi connectivity index (χ2n) is 4.86. The molecule has 1 amide bonds. The van der Waals surface area contributed by atoms with Gasteiger partial charge < -0.3 is 4.90 Å². The van der Waals surface area contributed by atoms with Gasteiger partial charge in [-0.1, -0.05) is 36.9 Å². The lowest BCUT2D eigenvalue weighted by Crippen LogP contribution is -2.27. The lowest BCUT2D eigenvalue weighted by atomic mass is 10.2. The molecular formula is C16H18FN3OS. The van der Waals surface area contributed by atoms with Crippen LogP contribution < -0.4 is 0 Å². The summed E-state index contributed by atoms with van der Waals surface area (Å²) < 4.78 is 13.7. The number of benzene rings is 1. The summed E-state index contributed by atoms with van der Waals surface area (Å²) in [5.74, 6) is 0.275. The summed E-state index contributed by atoms with van der Waals surface area (Å²) in [5, 5.41) is 0.588. The molecule has 0 atom stereocenters. The van der Waals surface area contributed by atoms with Crippen molar-refractivity contribution in [3.05, 3.63) is 53.1 Å². The van der Waals surface area contributed by atoms with Crippen molar-refractivity contribution < 1.29 is 9.18 Å². The van der Waals surface area contributed by atoms with Crippen molar-refractivity contribution in [2.45, 2.75) is 25.5 Å². The highest BCUT2D eigenvalue weighted by molar-refractivity contribution is 7.99. The third-order valence-corrected chi connectivity index (χ3v) is 3.77. The molecule has 2 aromatic rings. The highest BCUT2D eigenvalue weighted by Crippen LogP contribution is 2.15. The molecule has 0 aliphatic carbocycles. The predicted octanol–water partition coefficient (Wildman–Crippen LogP) is 3.31. The number of halogens is 1. The Morgan fingerprint density at radius 1 is 1.32 bits per heavy atom. The number of carbonyl (C=O) groups excluding carboxylic acids is 1. The maximum absolute atomic E-state index is 13.7. The van der Waals surface area contributed by atoms with Gasteiger partial charge in [0.05, 0.1) is 0 Å². The first-order valence-electron chi connectivity index (χ1n) is 6.98. The van der Waals surface area contributed by atoms with E-state index in [0.29, 0.717) is 16.4 Å². The van der Waals surface area contributed by atoms with E-state index >= 15 is 0 Å². The number of thioether (sulfide) groups is 1. The highest BCUT2D eigenvalue weighted by Gasteiger charge is 2.16. The number of hydrogen-bond donors (Lipinski definition) is 0. The molecule has 0 saturated heterocycles. The molecule has 0 radical (unpaired) electrons. The molecule has 22 heavy (non-hydrogen) atoms. The van der Waals surface area contributed by atoms with Crippen molar-refractivity contribution in [2.75, 3.05) is 12.8 Å². The zero-order valence-electron chi connectivity index (χ0n) is 12.8. The predicted molar refractivity (Wildman–Crippen MR) is 85.4 cm³/mol. The van der Waals surface area contributed by atoms with E-state index in [0.717, 1.165) is 11.4 Å². The van der Waals surface area contributed by atoms with Gasteiger partial charge in [-0.15, -0.1) is 0 Å². The van der Waals surface area contributed by atoms with Crippen molar-refractivity contribution in [2.24, 2.45) is 0 Å². The fourth-order valence-electron chi connectivity index (χ4n) is 1.99. The van der Waals surface area contributed by atoms with Crippen LogP contribution in [0.1, 0.15) is 28.7 Å². The molecule has 0 aliphatic heterocycles. The Balaban J connectivity index is 2.18. The van der Waals surface area contributed by atoms with Gasteiger partial charge in [-0.3, -0.25) is 4.79 Å². The number of hydrogen-bond acceptors (Lipinski definition) is 4. The van der Waals surface area contributed by atoms with Crippen LogP contribution in [-0.4, -0.2) is 33.6 Å². The van der Waals surface area contributed by atoms with Gasteiger partial charge in [0.1, 0.15) is 11.5 Å². The lowest BCUT2D eigenvalue weighted by molar-refractivity contribution is 0.0776. The Morgan fingerprint density at radius 2 is 2.05 bits per heavy atom. The molecular weight excluding hydrogens is 301 g/mol. The van der Waals surface area contributed by atoms with Gasteiger partial charge >= 0.3 is 0 Å². The summed E-state index contributed by atoms with van der Waals surface area (Å²) in [6.45, 7) is 4.03. The summed E-state index contributed by atoms with van der Waals surface area (Å²) in [7, 11) is 1.64. The Labute approximate surface area is 133 Å². The molecule has 0 saturated carbocycles. The van der Waals surface area contributed by atoms with Crippen LogP contribution in [0.15, 0.2) is 35.5 Å². The van der Waals surface area contributed by atoms with E-state index in [1.807, 2.05) is 13.8 Å². The van der Waals surface area contributed by atoms with Crippen LogP contribution in [0, 0.1) is 12.7 Å². The average molecular weight is 319 g/mol. The Hall–Kier alpha value is -1.95. The first-order chi connectivity index (χ1) is 10.5. The molecule has 2 rings (SSSR count). The fraction of sp³-hybridized carbons (Fsp3) is 0.312. The normalized spacial score (nSPS) is 10.5. The standard InChI is InChI=1S/C16H18FN3OS/c1-4-22-16-18-11(2)9-14(19-16)15(21)20(3)10-12-7-5-6-8-13(12)17/h5-9H,4,10H2,1-3H3. The second kappa shape index (κ2) is 7.35. The highest BCUT2D eigenvalue weighted by atomic mass is 32.2. The van der Waals surface area contributed by atoms with Crippen molar-refractivity contribution >= 4 is 17.7 Å². The average Bonchev–Trinajstić information content (AvgIpc) is 2.48. The Morgan fingerprint density at radius 3 is 2.73 bits per heavy atom. The molecule has 0 aliphatic rings. The van der Waals surface area contributed by atoms with E-state index < -0.39 is 0 Å².